The summed E-state index contributed by atoms with van der Waals surface area (Å²) in [5.41, 5.74) is 2.08. The van der Waals surface area contributed by atoms with Crippen molar-refractivity contribution in [2.75, 3.05) is 30.0 Å². The molecule has 1 heterocycles. The Labute approximate surface area is 191 Å². The van der Waals surface area contributed by atoms with E-state index in [1.54, 1.807) is 53.4 Å². The van der Waals surface area contributed by atoms with Gasteiger partial charge in [0.2, 0.25) is 5.91 Å². The average Bonchev–Trinajstić information content (AvgIpc) is 2.81. The SMILES string of the molecule is O=C(/C=C/c1ccccc1)Nc1ccc2c(c1)N(CCOc1ccc(Cl)cc1)C(=O)CO2. The molecule has 0 saturated heterocycles. The lowest BCUT2D eigenvalue weighted by molar-refractivity contribution is -0.121. The van der Waals surface area contributed by atoms with Gasteiger partial charge in [0, 0.05) is 16.8 Å². The molecule has 3 aromatic rings. The number of carbonyl (C=O) groups excluding carboxylic acids is 2. The molecule has 0 atom stereocenters. The van der Waals surface area contributed by atoms with Gasteiger partial charge in [-0.2, -0.15) is 0 Å². The number of nitrogens with zero attached hydrogens (tertiary/aromatic N) is 1. The zero-order valence-electron chi connectivity index (χ0n) is 17.2. The lowest BCUT2D eigenvalue weighted by Gasteiger charge is -2.29. The number of halogens is 1. The van der Waals surface area contributed by atoms with Crippen molar-refractivity contribution in [1.29, 1.82) is 0 Å². The van der Waals surface area contributed by atoms with Gasteiger partial charge in [-0.25, -0.2) is 0 Å². The Bertz CT molecular complexity index is 1130. The molecule has 32 heavy (non-hydrogen) atoms. The molecule has 1 N–H and O–H groups in total. The summed E-state index contributed by atoms with van der Waals surface area (Å²) in [4.78, 5) is 26.4. The molecule has 3 aromatic carbocycles. The van der Waals surface area contributed by atoms with Crippen LogP contribution < -0.4 is 19.7 Å². The molecule has 4 rings (SSSR count). The molecular formula is C25H21ClN2O4. The number of anilines is 2. The molecule has 1 aliphatic heterocycles. The molecule has 0 spiro atoms. The van der Waals surface area contributed by atoms with Gasteiger partial charge in [0.1, 0.15) is 18.1 Å². The van der Waals surface area contributed by atoms with Crippen molar-refractivity contribution in [3.05, 3.63) is 89.5 Å². The van der Waals surface area contributed by atoms with Crippen molar-refractivity contribution in [2.24, 2.45) is 0 Å². The molecule has 7 heteroatoms. The van der Waals surface area contributed by atoms with E-state index in [0.717, 1.165) is 5.56 Å². The first-order valence-corrected chi connectivity index (χ1v) is 10.5. The monoisotopic (exact) mass is 448 g/mol. The Hall–Kier alpha value is -3.77. The third-order valence-electron chi connectivity index (χ3n) is 4.79. The molecule has 162 valence electrons. The van der Waals surface area contributed by atoms with Gasteiger partial charge in [-0.3, -0.25) is 9.59 Å². The summed E-state index contributed by atoms with van der Waals surface area (Å²) in [6.45, 7) is 0.589. The van der Waals surface area contributed by atoms with Crippen LogP contribution in [0.15, 0.2) is 78.9 Å². The predicted molar refractivity (Wildman–Crippen MR) is 125 cm³/mol. The highest BCUT2D eigenvalue weighted by Crippen LogP contribution is 2.34. The standard InChI is InChI=1S/C25H21ClN2O4/c26-19-7-10-21(11-8-19)31-15-14-28-22-16-20(9-12-23(22)32-17-25(28)30)27-24(29)13-6-18-4-2-1-3-5-18/h1-13,16H,14-15,17H2,(H,27,29)/b13-6+. The third kappa shape index (κ3) is 5.47. The number of benzene rings is 3. The van der Waals surface area contributed by atoms with E-state index in [9.17, 15) is 9.59 Å². The van der Waals surface area contributed by atoms with Gasteiger partial charge >= 0.3 is 0 Å². The topological polar surface area (TPSA) is 67.9 Å². The number of rotatable bonds is 7. The predicted octanol–water partition coefficient (Wildman–Crippen LogP) is 4.80. The van der Waals surface area contributed by atoms with Crippen molar-refractivity contribution in [3.63, 3.8) is 0 Å². The second kappa shape index (κ2) is 10.0. The van der Waals surface area contributed by atoms with Crippen LogP contribution in [-0.4, -0.2) is 31.6 Å². The van der Waals surface area contributed by atoms with Crippen molar-refractivity contribution in [3.8, 4) is 11.5 Å². The number of hydrogen-bond acceptors (Lipinski definition) is 4. The summed E-state index contributed by atoms with van der Waals surface area (Å²) in [6.07, 6.45) is 3.20. The molecule has 0 saturated carbocycles. The summed E-state index contributed by atoms with van der Waals surface area (Å²) in [5.74, 6) is 0.801. The van der Waals surface area contributed by atoms with E-state index in [1.165, 1.54) is 6.08 Å². The Morgan fingerprint density at radius 2 is 1.88 bits per heavy atom. The molecule has 0 fully saturated rings. The summed E-state index contributed by atoms with van der Waals surface area (Å²) in [6, 6.07) is 21.8. The van der Waals surface area contributed by atoms with E-state index in [2.05, 4.69) is 5.32 Å². The van der Waals surface area contributed by atoms with Gasteiger partial charge in [0.15, 0.2) is 6.61 Å². The summed E-state index contributed by atoms with van der Waals surface area (Å²) in [5, 5.41) is 3.45. The normalized spacial score (nSPS) is 12.9. The lowest BCUT2D eigenvalue weighted by atomic mass is 10.2. The highest BCUT2D eigenvalue weighted by Gasteiger charge is 2.26. The summed E-state index contributed by atoms with van der Waals surface area (Å²) >= 11 is 5.89. The minimum absolute atomic E-state index is 0.0422. The summed E-state index contributed by atoms with van der Waals surface area (Å²) < 4.78 is 11.3. The minimum atomic E-state index is -0.269. The van der Waals surface area contributed by atoms with Gasteiger partial charge in [-0.05, 0) is 54.1 Å². The van der Waals surface area contributed by atoms with Gasteiger partial charge in [-0.1, -0.05) is 41.9 Å². The molecular weight excluding hydrogens is 428 g/mol. The fourth-order valence-electron chi connectivity index (χ4n) is 3.23. The van der Waals surface area contributed by atoms with E-state index >= 15 is 0 Å². The number of ether oxygens (including phenoxy) is 2. The van der Waals surface area contributed by atoms with Gasteiger partial charge in [-0.15, -0.1) is 0 Å². The molecule has 0 aliphatic carbocycles. The van der Waals surface area contributed by atoms with Crippen LogP contribution >= 0.6 is 11.6 Å². The largest absolute Gasteiger partial charge is 0.492 e. The van der Waals surface area contributed by atoms with E-state index in [0.29, 0.717) is 41.0 Å². The quantitative estimate of drug-likeness (QED) is 0.527. The first-order valence-electron chi connectivity index (χ1n) is 10.1. The first-order chi connectivity index (χ1) is 15.6. The molecule has 0 aromatic heterocycles. The van der Waals surface area contributed by atoms with Crippen LogP contribution in [0.25, 0.3) is 6.08 Å². The van der Waals surface area contributed by atoms with E-state index in [4.69, 9.17) is 21.1 Å². The molecule has 6 nitrogen and oxygen atoms in total. The maximum Gasteiger partial charge on any atom is 0.265 e. The van der Waals surface area contributed by atoms with Crippen LogP contribution in [0.3, 0.4) is 0 Å². The second-order valence-corrected chi connectivity index (χ2v) is 7.49. The van der Waals surface area contributed by atoms with Crippen LogP contribution in [-0.2, 0) is 9.59 Å². The molecule has 2 amide bonds. The average molecular weight is 449 g/mol. The Morgan fingerprint density at radius 3 is 2.66 bits per heavy atom. The zero-order chi connectivity index (χ0) is 22.3. The Morgan fingerprint density at radius 1 is 1.09 bits per heavy atom. The molecule has 0 radical (unpaired) electrons. The van der Waals surface area contributed by atoms with Crippen LogP contribution in [0.4, 0.5) is 11.4 Å². The number of hydrogen-bond donors (Lipinski definition) is 1. The molecule has 0 bridgehead atoms. The second-order valence-electron chi connectivity index (χ2n) is 7.05. The Kier molecular flexibility index (Phi) is 6.72. The minimum Gasteiger partial charge on any atom is -0.492 e. The van der Waals surface area contributed by atoms with Crippen LogP contribution in [0.2, 0.25) is 5.02 Å². The van der Waals surface area contributed by atoms with Crippen molar-refractivity contribution in [2.45, 2.75) is 0 Å². The van der Waals surface area contributed by atoms with Crippen LogP contribution in [0.5, 0.6) is 11.5 Å². The number of fused-ring (bicyclic) bond motifs is 1. The highest BCUT2D eigenvalue weighted by molar-refractivity contribution is 6.30. The van der Waals surface area contributed by atoms with Crippen LogP contribution in [0.1, 0.15) is 5.56 Å². The van der Waals surface area contributed by atoms with E-state index < -0.39 is 0 Å². The number of carbonyl (C=O) groups is 2. The molecule has 0 unspecified atom stereocenters. The van der Waals surface area contributed by atoms with Crippen molar-refractivity contribution in [1.82, 2.24) is 0 Å². The lowest BCUT2D eigenvalue weighted by Crippen LogP contribution is -2.41. The van der Waals surface area contributed by atoms with Gasteiger partial charge in [0.05, 0.1) is 12.2 Å². The van der Waals surface area contributed by atoms with Crippen LogP contribution in [0, 0.1) is 0 Å². The maximum absolute atomic E-state index is 12.5. The Balaban J connectivity index is 1.42. The first kappa shape index (κ1) is 21.5. The fraction of sp³-hybridized carbons (Fsp3) is 0.120. The van der Waals surface area contributed by atoms with Gasteiger partial charge < -0.3 is 19.7 Å². The maximum atomic E-state index is 12.5. The number of nitrogens with one attached hydrogen (secondary N) is 1. The number of amides is 2. The third-order valence-corrected chi connectivity index (χ3v) is 5.05. The zero-order valence-corrected chi connectivity index (χ0v) is 17.9. The smallest absolute Gasteiger partial charge is 0.265 e. The van der Waals surface area contributed by atoms with E-state index in [1.807, 2.05) is 30.3 Å². The fourth-order valence-corrected chi connectivity index (χ4v) is 3.36. The van der Waals surface area contributed by atoms with Gasteiger partial charge in [0.25, 0.3) is 5.91 Å². The summed E-state index contributed by atoms with van der Waals surface area (Å²) in [7, 11) is 0. The highest BCUT2D eigenvalue weighted by atomic mass is 35.5. The molecule has 1 aliphatic rings. The van der Waals surface area contributed by atoms with E-state index in [-0.39, 0.29) is 18.4 Å². The van der Waals surface area contributed by atoms with Crippen molar-refractivity contribution < 1.29 is 19.1 Å². The van der Waals surface area contributed by atoms with Crippen molar-refractivity contribution >= 4 is 40.9 Å².